The SMILES string of the molecule is Cn1cc(S(=O)(=O)N2CCCC(C)(C)C2)cc1CN. The van der Waals surface area contributed by atoms with E-state index >= 15 is 0 Å². The van der Waals surface area contributed by atoms with E-state index < -0.39 is 10.0 Å². The molecule has 6 heteroatoms. The summed E-state index contributed by atoms with van der Waals surface area (Å²) in [5.74, 6) is 0. The van der Waals surface area contributed by atoms with E-state index in [-0.39, 0.29) is 5.41 Å². The van der Waals surface area contributed by atoms with Gasteiger partial charge in [0.05, 0.1) is 0 Å². The van der Waals surface area contributed by atoms with Gasteiger partial charge in [-0.15, -0.1) is 0 Å². The Morgan fingerprint density at radius 1 is 1.42 bits per heavy atom. The minimum atomic E-state index is -3.39. The summed E-state index contributed by atoms with van der Waals surface area (Å²) in [6, 6.07) is 1.68. The maximum absolute atomic E-state index is 12.6. The van der Waals surface area contributed by atoms with Gasteiger partial charge in [-0.1, -0.05) is 13.8 Å². The second-order valence-corrected chi connectivity index (χ2v) is 8.03. The fourth-order valence-electron chi connectivity index (χ4n) is 2.64. The first kappa shape index (κ1) is 14.6. The fourth-order valence-corrected chi connectivity index (χ4v) is 4.41. The van der Waals surface area contributed by atoms with Crippen LogP contribution in [0.2, 0.25) is 0 Å². The molecule has 5 nitrogen and oxygen atoms in total. The summed E-state index contributed by atoms with van der Waals surface area (Å²) in [6.07, 6.45) is 3.64. The van der Waals surface area contributed by atoms with Crippen LogP contribution >= 0.6 is 0 Å². The van der Waals surface area contributed by atoms with E-state index in [9.17, 15) is 8.42 Å². The Bertz CT molecular complexity index is 560. The monoisotopic (exact) mass is 285 g/mol. The van der Waals surface area contributed by atoms with Crippen LogP contribution in [-0.2, 0) is 23.6 Å². The zero-order valence-electron chi connectivity index (χ0n) is 11.9. The van der Waals surface area contributed by atoms with Gasteiger partial charge in [0.15, 0.2) is 0 Å². The Hall–Kier alpha value is -0.850. The number of rotatable bonds is 3. The standard InChI is InChI=1S/C13H23N3O2S/c1-13(2)5-4-6-16(10-13)19(17,18)12-7-11(8-14)15(3)9-12/h7,9H,4-6,8,10,14H2,1-3H3. The third-order valence-corrected chi connectivity index (χ3v) is 5.61. The van der Waals surface area contributed by atoms with E-state index in [1.54, 1.807) is 21.1 Å². The second-order valence-electron chi connectivity index (χ2n) is 6.09. The van der Waals surface area contributed by atoms with Crippen molar-refractivity contribution < 1.29 is 8.42 Å². The Balaban J connectivity index is 2.31. The van der Waals surface area contributed by atoms with Gasteiger partial charge in [-0.05, 0) is 24.3 Å². The van der Waals surface area contributed by atoms with Crippen LogP contribution in [0.5, 0.6) is 0 Å². The van der Waals surface area contributed by atoms with Crippen molar-refractivity contribution in [2.45, 2.75) is 38.1 Å². The first-order valence-electron chi connectivity index (χ1n) is 6.62. The Morgan fingerprint density at radius 3 is 2.63 bits per heavy atom. The van der Waals surface area contributed by atoms with Crippen LogP contribution in [0.3, 0.4) is 0 Å². The molecule has 0 atom stereocenters. The van der Waals surface area contributed by atoms with Gasteiger partial charge in [0.25, 0.3) is 0 Å². The summed E-state index contributed by atoms with van der Waals surface area (Å²) in [5, 5.41) is 0. The van der Waals surface area contributed by atoms with Gasteiger partial charge in [0.1, 0.15) is 4.90 Å². The van der Waals surface area contributed by atoms with Crippen molar-refractivity contribution in [3.63, 3.8) is 0 Å². The molecule has 0 spiro atoms. The van der Waals surface area contributed by atoms with Crippen molar-refractivity contribution >= 4 is 10.0 Å². The molecular weight excluding hydrogens is 262 g/mol. The lowest BCUT2D eigenvalue weighted by atomic mass is 9.85. The molecule has 19 heavy (non-hydrogen) atoms. The second kappa shape index (κ2) is 4.92. The molecule has 0 amide bonds. The van der Waals surface area contributed by atoms with E-state index in [2.05, 4.69) is 13.8 Å². The molecule has 0 aliphatic carbocycles. The Morgan fingerprint density at radius 2 is 2.11 bits per heavy atom. The van der Waals surface area contributed by atoms with E-state index in [1.165, 1.54) is 0 Å². The number of hydrogen-bond acceptors (Lipinski definition) is 3. The number of nitrogens with two attached hydrogens (primary N) is 1. The summed E-state index contributed by atoms with van der Waals surface area (Å²) in [4.78, 5) is 0.355. The van der Waals surface area contributed by atoms with Crippen molar-refractivity contribution in [1.29, 1.82) is 0 Å². The molecule has 1 fully saturated rings. The fraction of sp³-hybridized carbons (Fsp3) is 0.692. The number of aryl methyl sites for hydroxylation is 1. The predicted octanol–water partition coefficient (Wildman–Crippen LogP) is 1.29. The number of piperidine rings is 1. The van der Waals surface area contributed by atoms with Crippen molar-refractivity contribution in [3.05, 3.63) is 18.0 Å². The van der Waals surface area contributed by atoms with Gasteiger partial charge >= 0.3 is 0 Å². The normalized spacial score (nSPS) is 20.6. The molecule has 0 aromatic carbocycles. The molecule has 0 unspecified atom stereocenters. The summed E-state index contributed by atoms with van der Waals surface area (Å²) in [7, 11) is -1.57. The highest BCUT2D eigenvalue weighted by molar-refractivity contribution is 7.89. The van der Waals surface area contributed by atoms with Crippen molar-refractivity contribution in [1.82, 2.24) is 8.87 Å². The predicted molar refractivity (Wildman–Crippen MR) is 75.1 cm³/mol. The van der Waals surface area contributed by atoms with Gasteiger partial charge in [-0.25, -0.2) is 8.42 Å². The number of aromatic nitrogens is 1. The molecule has 1 saturated heterocycles. The van der Waals surface area contributed by atoms with Gasteiger partial charge in [-0.3, -0.25) is 0 Å². The minimum Gasteiger partial charge on any atom is -0.352 e. The smallest absolute Gasteiger partial charge is 0.244 e. The summed E-state index contributed by atoms with van der Waals surface area (Å²) in [5.41, 5.74) is 6.48. The van der Waals surface area contributed by atoms with Crippen LogP contribution < -0.4 is 5.73 Å². The Labute approximate surface area is 115 Å². The van der Waals surface area contributed by atoms with Crippen LogP contribution in [0.4, 0.5) is 0 Å². The molecular formula is C13H23N3O2S. The van der Waals surface area contributed by atoms with Gasteiger partial charge in [0, 0.05) is 38.6 Å². The molecule has 2 N–H and O–H groups in total. The number of sulfonamides is 1. The highest BCUT2D eigenvalue weighted by atomic mass is 32.2. The first-order valence-corrected chi connectivity index (χ1v) is 8.06. The van der Waals surface area contributed by atoms with Crippen LogP contribution in [0.25, 0.3) is 0 Å². The van der Waals surface area contributed by atoms with Gasteiger partial charge in [-0.2, -0.15) is 4.31 Å². The van der Waals surface area contributed by atoms with Gasteiger partial charge in [0.2, 0.25) is 10.0 Å². The highest BCUT2D eigenvalue weighted by Gasteiger charge is 2.34. The van der Waals surface area contributed by atoms with Gasteiger partial charge < -0.3 is 10.3 Å². The number of hydrogen-bond donors (Lipinski definition) is 1. The zero-order valence-corrected chi connectivity index (χ0v) is 12.7. The van der Waals surface area contributed by atoms with E-state index in [1.807, 2.05) is 7.05 Å². The molecule has 1 aromatic heterocycles. The largest absolute Gasteiger partial charge is 0.352 e. The highest BCUT2D eigenvalue weighted by Crippen LogP contribution is 2.32. The average molecular weight is 285 g/mol. The lowest BCUT2D eigenvalue weighted by Crippen LogP contribution is -2.43. The van der Waals surface area contributed by atoms with Crippen molar-refractivity contribution in [3.8, 4) is 0 Å². The third-order valence-electron chi connectivity index (χ3n) is 3.80. The topological polar surface area (TPSA) is 68.3 Å². The average Bonchev–Trinajstić information content (AvgIpc) is 2.70. The Kier molecular flexibility index (Phi) is 3.77. The molecule has 0 bridgehead atoms. The van der Waals surface area contributed by atoms with Crippen LogP contribution in [0, 0.1) is 5.41 Å². The van der Waals surface area contributed by atoms with Crippen molar-refractivity contribution in [2.75, 3.05) is 13.1 Å². The lowest BCUT2D eigenvalue weighted by molar-refractivity contribution is 0.187. The summed E-state index contributed by atoms with van der Waals surface area (Å²) in [6.45, 7) is 5.77. The maximum atomic E-state index is 12.6. The molecule has 2 heterocycles. The van der Waals surface area contributed by atoms with E-state index in [0.29, 0.717) is 24.5 Å². The van der Waals surface area contributed by atoms with Crippen LogP contribution in [0.15, 0.2) is 17.2 Å². The van der Waals surface area contributed by atoms with E-state index in [0.717, 1.165) is 18.5 Å². The van der Waals surface area contributed by atoms with E-state index in [4.69, 9.17) is 5.73 Å². The lowest BCUT2D eigenvalue weighted by Gasteiger charge is -2.36. The quantitative estimate of drug-likeness (QED) is 0.910. The summed E-state index contributed by atoms with van der Waals surface area (Å²) < 4.78 is 28.6. The maximum Gasteiger partial charge on any atom is 0.244 e. The van der Waals surface area contributed by atoms with Crippen LogP contribution in [-0.4, -0.2) is 30.4 Å². The minimum absolute atomic E-state index is 0.0524. The molecule has 1 aromatic rings. The number of nitrogens with zero attached hydrogens (tertiary/aromatic N) is 2. The molecule has 2 rings (SSSR count). The van der Waals surface area contributed by atoms with Crippen molar-refractivity contribution in [2.24, 2.45) is 18.2 Å². The zero-order chi connectivity index (χ0) is 14.3. The third kappa shape index (κ3) is 2.85. The van der Waals surface area contributed by atoms with Crippen LogP contribution in [0.1, 0.15) is 32.4 Å². The molecule has 0 saturated carbocycles. The molecule has 108 valence electrons. The molecule has 0 radical (unpaired) electrons. The molecule has 1 aliphatic rings. The molecule has 1 aliphatic heterocycles. The summed E-state index contributed by atoms with van der Waals surface area (Å²) >= 11 is 0. The first-order chi connectivity index (χ1) is 8.76.